The maximum Gasteiger partial charge on any atom is 0.220 e. The molecule has 0 N–H and O–H groups in total. The van der Waals surface area contributed by atoms with Gasteiger partial charge in [-0.05, 0) is 42.1 Å². The fourth-order valence-electron chi connectivity index (χ4n) is 2.36. The third kappa shape index (κ3) is 1.78. The lowest BCUT2D eigenvalue weighted by atomic mass is 10.3. The molecule has 1 aliphatic heterocycles. The van der Waals surface area contributed by atoms with Crippen LogP contribution in [-0.4, -0.2) is 29.0 Å². The SMILES string of the molecule is Cc1nc(Br)sc1CN1CCC2(CC2)S1(=O)=O. The molecule has 2 fully saturated rings. The summed E-state index contributed by atoms with van der Waals surface area (Å²) in [6.45, 7) is 3.07. The Morgan fingerprint density at radius 1 is 1.47 bits per heavy atom. The van der Waals surface area contributed by atoms with Crippen LogP contribution in [0.25, 0.3) is 0 Å². The Morgan fingerprint density at radius 2 is 2.18 bits per heavy atom. The van der Waals surface area contributed by atoms with Gasteiger partial charge in [-0.25, -0.2) is 13.4 Å². The van der Waals surface area contributed by atoms with Crippen molar-refractivity contribution in [2.24, 2.45) is 0 Å². The van der Waals surface area contributed by atoms with Gasteiger partial charge in [-0.2, -0.15) is 4.31 Å². The molecule has 2 heterocycles. The summed E-state index contributed by atoms with van der Waals surface area (Å²) in [6, 6.07) is 0. The minimum Gasteiger partial charge on any atom is -0.234 e. The van der Waals surface area contributed by atoms with Crippen molar-refractivity contribution in [2.75, 3.05) is 6.54 Å². The first-order valence-corrected chi connectivity index (χ1v) is 8.61. The van der Waals surface area contributed by atoms with Crippen LogP contribution in [0.2, 0.25) is 0 Å². The first-order chi connectivity index (χ1) is 7.95. The van der Waals surface area contributed by atoms with Crippen LogP contribution < -0.4 is 0 Å². The molecule has 94 valence electrons. The van der Waals surface area contributed by atoms with Crippen molar-refractivity contribution in [3.63, 3.8) is 0 Å². The minimum atomic E-state index is -3.06. The van der Waals surface area contributed by atoms with Crippen LogP contribution in [0.15, 0.2) is 3.92 Å². The fourth-order valence-corrected chi connectivity index (χ4v) is 6.24. The van der Waals surface area contributed by atoms with Crippen molar-refractivity contribution >= 4 is 37.3 Å². The van der Waals surface area contributed by atoms with Crippen LogP contribution in [0.1, 0.15) is 29.8 Å². The van der Waals surface area contributed by atoms with E-state index in [2.05, 4.69) is 20.9 Å². The summed E-state index contributed by atoms with van der Waals surface area (Å²) in [5, 5.41) is 0. The first-order valence-electron chi connectivity index (χ1n) is 5.56. The summed E-state index contributed by atoms with van der Waals surface area (Å²) in [6.07, 6.45) is 2.49. The normalized spacial score (nSPS) is 25.5. The van der Waals surface area contributed by atoms with Gasteiger partial charge in [0.15, 0.2) is 3.92 Å². The lowest BCUT2D eigenvalue weighted by molar-refractivity contribution is 0.442. The molecule has 1 spiro atoms. The Hall–Kier alpha value is 0.0200. The maximum absolute atomic E-state index is 12.3. The summed E-state index contributed by atoms with van der Waals surface area (Å²) >= 11 is 4.86. The Balaban J connectivity index is 1.86. The van der Waals surface area contributed by atoms with Gasteiger partial charge in [-0.15, -0.1) is 11.3 Å². The summed E-state index contributed by atoms with van der Waals surface area (Å²) < 4.78 is 26.7. The summed E-state index contributed by atoms with van der Waals surface area (Å²) in [5.74, 6) is 0. The molecule has 0 atom stereocenters. The summed E-state index contributed by atoms with van der Waals surface area (Å²) in [4.78, 5) is 5.31. The Bertz CT molecular complexity index is 563. The van der Waals surface area contributed by atoms with Crippen molar-refractivity contribution in [1.29, 1.82) is 0 Å². The molecular weight excluding hydrogens is 324 g/mol. The van der Waals surface area contributed by atoms with E-state index in [0.29, 0.717) is 13.1 Å². The average molecular weight is 337 g/mol. The molecule has 0 amide bonds. The number of aryl methyl sites for hydroxylation is 1. The lowest BCUT2D eigenvalue weighted by Gasteiger charge is -2.15. The second kappa shape index (κ2) is 3.76. The lowest BCUT2D eigenvalue weighted by Crippen LogP contribution is -2.29. The van der Waals surface area contributed by atoms with E-state index in [1.165, 1.54) is 11.3 Å². The minimum absolute atomic E-state index is 0.386. The second-order valence-electron chi connectivity index (χ2n) is 4.75. The third-order valence-corrected chi connectivity index (χ3v) is 7.99. The molecule has 1 aliphatic carbocycles. The number of halogens is 1. The smallest absolute Gasteiger partial charge is 0.220 e. The Labute approximate surface area is 113 Å². The van der Waals surface area contributed by atoms with Crippen molar-refractivity contribution < 1.29 is 8.42 Å². The molecule has 1 aromatic rings. The largest absolute Gasteiger partial charge is 0.234 e. The van der Waals surface area contributed by atoms with Crippen molar-refractivity contribution in [3.05, 3.63) is 14.5 Å². The van der Waals surface area contributed by atoms with Crippen LogP contribution in [0.4, 0.5) is 0 Å². The van der Waals surface area contributed by atoms with Gasteiger partial charge in [-0.1, -0.05) is 0 Å². The maximum atomic E-state index is 12.3. The van der Waals surface area contributed by atoms with E-state index in [1.807, 2.05) is 6.92 Å². The number of aromatic nitrogens is 1. The van der Waals surface area contributed by atoms with E-state index < -0.39 is 10.0 Å². The van der Waals surface area contributed by atoms with E-state index in [9.17, 15) is 8.42 Å². The molecule has 0 radical (unpaired) electrons. The highest BCUT2D eigenvalue weighted by molar-refractivity contribution is 9.11. The second-order valence-corrected chi connectivity index (χ2v) is 9.44. The van der Waals surface area contributed by atoms with Gasteiger partial charge in [0.1, 0.15) is 0 Å². The molecule has 0 bridgehead atoms. The zero-order valence-electron chi connectivity index (χ0n) is 9.44. The molecule has 17 heavy (non-hydrogen) atoms. The van der Waals surface area contributed by atoms with Gasteiger partial charge in [0, 0.05) is 18.0 Å². The van der Waals surface area contributed by atoms with Gasteiger partial charge < -0.3 is 0 Å². The predicted octanol–water partition coefficient (Wildman–Crippen LogP) is 2.28. The highest BCUT2D eigenvalue weighted by atomic mass is 79.9. The molecule has 0 unspecified atom stereocenters. The molecule has 2 aliphatic rings. The Kier molecular flexibility index (Phi) is 2.67. The molecule has 3 rings (SSSR count). The third-order valence-electron chi connectivity index (χ3n) is 3.70. The topological polar surface area (TPSA) is 50.3 Å². The van der Waals surface area contributed by atoms with Gasteiger partial charge in [0.05, 0.1) is 10.4 Å². The van der Waals surface area contributed by atoms with Crippen molar-refractivity contribution in [1.82, 2.24) is 9.29 Å². The standard InChI is InChI=1S/C10H13BrN2O2S2/c1-7-8(16-9(11)12-7)6-13-5-4-10(2-3-10)17(13,14)15/h2-6H2,1H3. The number of hydrogen-bond donors (Lipinski definition) is 0. The van der Waals surface area contributed by atoms with Crippen molar-refractivity contribution in [2.45, 2.75) is 37.5 Å². The van der Waals surface area contributed by atoms with Crippen LogP contribution in [-0.2, 0) is 16.6 Å². The molecule has 4 nitrogen and oxygen atoms in total. The van der Waals surface area contributed by atoms with E-state index in [1.54, 1.807) is 4.31 Å². The molecule has 7 heteroatoms. The summed E-state index contributed by atoms with van der Waals surface area (Å²) in [7, 11) is -3.06. The summed E-state index contributed by atoms with van der Waals surface area (Å²) in [5.41, 5.74) is 0.925. The molecule has 1 saturated carbocycles. The first kappa shape index (κ1) is 12.1. The zero-order valence-corrected chi connectivity index (χ0v) is 12.7. The highest BCUT2D eigenvalue weighted by Crippen LogP contribution is 2.52. The Morgan fingerprint density at radius 3 is 2.65 bits per heavy atom. The van der Waals surface area contributed by atoms with E-state index in [4.69, 9.17) is 0 Å². The van der Waals surface area contributed by atoms with Crippen LogP contribution >= 0.6 is 27.3 Å². The van der Waals surface area contributed by atoms with E-state index in [-0.39, 0.29) is 4.75 Å². The van der Waals surface area contributed by atoms with Gasteiger partial charge in [0.2, 0.25) is 10.0 Å². The van der Waals surface area contributed by atoms with Gasteiger partial charge in [0.25, 0.3) is 0 Å². The molecule has 1 aromatic heterocycles. The number of nitrogens with zero attached hydrogens (tertiary/aromatic N) is 2. The quantitative estimate of drug-likeness (QED) is 0.832. The molecule has 0 aromatic carbocycles. The average Bonchev–Trinajstić information content (AvgIpc) is 2.91. The van der Waals surface area contributed by atoms with Crippen LogP contribution in [0.5, 0.6) is 0 Å². The van der Waals surface area contributed by atoms with Crippen molar-refractivity contribution in [3.8, 4) is 0 Å². The zero-order chi connectivity index (χ0) is 12.3. The van der Waals surface area contributed by atoms with E-state index >= 15 is 0 Å². The number of sulfonamides is 1. The monoisotopic (exact) mass is 336 g/mol. The number of rotatable bonds is 2. The number of hydrogen-bond acceptors (Lipinski definition) is 4. The van der Waals surface area contributed by atoms with E-state index in [0.717, 1.165) is 33.8 Å². The molecule has 1 saturated heterocycles. The fraction of sp³-hybridized carbons (Fsp3) is 0.700. The van der Waals surface area contributed by atoms with Gasteiger partial charge in [-0.3, -0.25) is 0 Å². The molecular formula is C10H13BrN2O2S2. The van der Waals surface area contributed by atoms with Crippen LogP contribution in [0, 0.1) is 6.92 Å². The van der Waals surface area contributed by atoms with Gasteiger partial charge >= 0.3 is 0 Å². The number of thiazole rings is 1. The predicted molar refractivity (Wildman–Crippen MR) is 70.5 cm³/mol. The van der Waals surface area contributed by atoms with Crippen LogP contribution in [0.3, 0.4) is 0 Å². The highest BCUT2D eigenvalue weighted by Gasteiger charge is 2.60.